The van der Waals surface area contributed by atoms with Crippen LogP contribution in [0.1, 0.15) is 29.4 Å². The predicted octanol–water partition coefficient (Wildman–Crippen LogP) is 3.37. The van der Waals surface area contributed by atoms with Crippen molar-refractivity contribution < 1.29 is 23.8 Å². The summed E-state index contributed by atoms with van der Waals surface area (Å²) in [5, 5.41) is 10.6. The van der Waals surface area contributed by atoms with Crippen LogP contribution in [0.4, 0.5) is 5.69 Å². The second kappa shape index (κ2) is 11.1. The van der Waals surface area contributed by atoms with E-state index in [0.717, 1.165) is 43.2 Å². The van der Waals surface area contributed by atoms with Crippen molar-refractivity contribution in [1.82, 2.24) is 4.90 Å². The number of benzene rings is 2. The van der Waals surface area contributed by atoms with Crippen molar-refractivity contribution in [3.05, 3.63) is 88.0 Å². The number of hydrogen-bond donors (Lipinski definition) is 1. The van der Waals surface area contributed by atoms with Crippen molar-refractivity contribution in [1.29, 1.82) is 0 Å². The molecule has 4 rings (SSSR count). The zero-order valence-corrected chi connectivity index (χ0v) is 20.0. The van der Waals surface area contributed by atoms with Gasteiger partial charge in [0.05, 0.1) is 33.1 Å². The van der Waals surface area contributed by atoms with Crippen LogP contribution in [0, 0.1) is 0 Å². The molecular weight excluding hydrogens is 448 g/mol. The van der Waals surface area contributed by atoms with E-state index in [1.807, 2.05) is 54.6 Å². The molecule has 0 unspecified atom stereocenters. The number of rotatable bonds is 8. The number of anilines is 1. The summed E-state index contributed by atoms with van der Waals surface area (Å²) < 4.78 is 16.1. The lowest BCUT2D eigenvalue weighted by atomic mass is 9.92. The van der Waals surface area contributed by atoms with Gasteiger partial charge in [0.15, 0.2) is 5.76 Å². The minimum absolute atomic E-state index is 0.0546. The van der Waals surface area contributed by atoms with Crippen LogP contribution in [0.15, 0.2) is 69.9 Å². The molecule has 1 N–H and O–H groups in total. The number of ether oxygens (including phenoxy) is 2. The van der Waals surface area contributed by atoms with Crippen LogP contribution in [0.5, 0.6) is 11.5 Å². The monoisotopic (exact) mass is 478 g/mol. The van der Waals surface area contributed by atoms with E-state index in [0.29, 0.717) is 12.3 Å². The van der Waals surface area contributed by atoms with Crippen molar-refractivity contribution in [3.8, 4) is 11.5 Å². The highest BCUT2D eigenvalue weighted by molar-refractivity contribution is 5.71. The Labute approximate surface area is 204 Å². The number of nitrogens with zero attached hydrogens (tertiary/aromatic N) is 2. The molecular formula is C27H30N2O6. The summed E-state index contributed by atoms with van der Waals surface area (Å²) in [5.74, 6) is -0.209. The van der Waals surface area contributed by atoms with Crippen molar-refractivity contribution in [2.75, 3.05) is 45.3 Å². The number of methoxy groups -OCH3 is 2. The molecule has 1 fully saturated rings. The standard InChI is InChI=1S/C27H30N2O6/c1-33-21-10-8-20(9-11-21)29-14-12-28(13-15-29)18-22-16-24(30)26(32)27(35-22)23(17-25(31)34-2)19-6-4-3-5-7-19/h3-11,16,23,32H,12-15,17-18H2,1-2H3/t23-/m0/s1. The highest BCUT2D eigenvalue weighted by atomic mass is 16.5. The van der Waals surface area contributed by atoms with Crippen molar-refractivity contribution in [2.45, 2.75) is 18.9 Å². The maximum atomic E-state index is 12.6. The van der Waals surface area contributed by atoms with Gasteiger partial charge in [0.2, 0.25) is 11.2 Å². The summed E-state index contributed by atoms with van der Waals surface area (Å²) in [5.41, 5.74) is 1.36. The molecule has 0 saturated carbocycles. The first-order valence-electron chi connectivity index (χ1n) is 11.6. The molecule has 3 aromatic rings. The maximum Gasteiger partial charge on any atom is 0.306 e. The number of aromatic hydroxyl groups is 1. The Kier molecular flexibility index (Phi) is 7.72. The van der Waals surface area contributed by atoms with Gasteiger partial charge >= 0.3 is 5.97 Å². The first-order valence-corrected chi connectivity index (χ1v) is 11.6. The van der Waals surface area contributed by atoms with Crippen LogP contribution in [-0.2, 0) is 16.1 Å². The van der Waals surface area contributed by atoms with E-state index in [4.69, 9.17) is 13.9 Å². The minimum Gasteiger partial charge on any atom is -0.502 e. The first-order chi connectivity index (χ1) is 17.0. The molecule has 1 atom stereocenters. The van der Waals surface area contributed by atoms with Gasteiger partial charge < -0.3 is 23.9 Å². The molecule has 0 aliphatic carbocycles. The summed E-state index contributed by atoms with van der Waals surface area (Å²) >= 11 is 0. The van der Waals surface area contributed by atoms with E-state index in [1.54, 1.807) is 7.11 Å². The van der Waals surface area contributed by atoms with E-state index in [-0.39, 0.29) is 12.2 Å². The SMILES string of the molecule is COC(=O)C[C@@H](c1ccccc1)c1oc(CN2CCN(c3ccc(OC)cc3)CC2)cc(=O)c1O. The number of esters is 1. The Bertz CT molecular complexity index is 1180. The molecule has 1 aromatic heterocycles. The largest absolute Gasteiger partial charge is 0.502 e. The van der Waals surface area contributed by atoms with E-state index in [2.05, 4.69) is 9.80 Å². The molecule has 1 aliphatic rings. The summed E-state index contributed by atoms with van der Waals surface area (Å²) in [4.78, 5) is 29.2. The predicted molar refractivity (Wildman–Crippen MR) is 132 cm³/mol. The lowest BCUT2D eigenvalue weighted by Gasteiger charge is -2.36. The lowest BCUT2D eigenvalue weighted by molar-refractivity contribution is -0.140. The number of carbonyl (C=O) groups excluding carboxylic acids is 1. The van der Waals surface area contributed by atoms with Crippen LogP contribution in [0.3, 0.4) is 0 Å². The Morgan fingerprint density at radius 3 is 2.34 bits per heavy atom. The number of hydrogen-bond acceptors (Lipinski definition) is 8. The number of piperazine rings is 1. The van der Waals surface area contributed by atoms with E-state index < -0.39 is 23.1 Å². The Morgan fingerprint density at radius 1 is 1.03 bits per heavy atom. The normalized spacial score (nSPS) is 15.0. The molecule has 0 amide bonds. The third kappa shape index (κ3) is 5.84. The minimum atomic E-state index is -0.636. The summed E-state index contributed by atoms with van der Waals surface area (Å²) in [6, 6.07) is 18.5. The van der Waals surface area contributed by atoms with Crippen molar-refractivity contribution in [2.24, 2.45) is 0 Å². The van der Waals surface area contributed by atoms with Crippen LogP contribution in [0.25, 0.3) is 0 Å². The van der Waals surface area contributed by atoms with Gasteiger partial charge in [-0.2, -0.15) is 0 Å². The first kappa shape index (κ1) is 24.3. The molecule has 0 bridgehead atoms. The van der Waals surface area contributed by atoms with Gasteiger partial charge in [0, 0.05) is 37.9 Å². The lowest BCUT2D eigenvalue weighted by Crippen LogP contribution is -2.46. The fourth-order valence-electron chi connectivity index (χ4n) is 4.34. The quantitative estimate of drug-likeness (QED) is 0.493. The van der Waals surface area contributed by atoms with Gasteiger partial charge in [-0.25, -0.2) is 0 Å². The smallest absolute Gasteiger partial charge is 0.306 e. The molecule has 8 nitrogen and oxygen atoms in total. The molecule has 1 saturated heterocycles. The van der Waals surface area contributed by atoms with Crippen molar-refractivity contribution in [3.63, 3.8) is 0 Å². The summed E-state index contributed by atoms with van der Waals surface area (Å²) in [6.45, 7) is 3.66. The Hall–Kier alpha value is -3.78. The third-order valence-electron chi connectivity index (χ3n) is 6.31. The average molecular weight is 479 g/mol. The third-order valence-corrected chi connectivity index (χ3v) is 6.31. The topological polar surface area (TPSA) is 92.5 Å². The fourth-order valence-corrected chi connectivity index (χ4v) is 4.34. The van der Waals surface area contributed by atoms with Crippen LogP contribution < -0.4 is 15.1 Å². The molecule has 0 spiro atoms. The van der Waals surface area contributed by atoms with E-state index >= 15 is 0 Å². The zero-order chi connectivity index (χ0) is 24.8. The molecule has 35 heavy (non-hydrogen) atoms. The second-order valence-electron chi connectivity index (χ2n) is 8.49. The Balaban J connectivity index is 1.50. The van der Waals surface area contributed by atoms with Gasteiger partial charge in [-0.3, -0.25) is 14.5 Å². The van der Waals surface area contributed by atoms with Gasteiger partial charge in [-0.15, -0.1) is 0 Å². The van der Waals surface area contributed by atoms with Gasteiger partial charge in [-0.1, -0.05) is 30.3 Å². The fraction of sp³-hybridized carbons (Fsp3) is 0.333. The van der Waals surface area contributed by atoms with Gasteiger partial charge in [0.25, 0.3) is 0 Å². The summed E-state index contributed by atoms with van der Waals surface area (Å²) in [6.07, 6.45) is -0.0546. The maximum absolute atomic E-state index is 12.6. The van der Waals surface area contributed by atoms with Crippen LogP contribution >= 0.6 is 0 Å². The van der Waals surface area contributed by atoms with Gasteiger partial charge in [0.1, 0.15) is 11.5 Å². The molecule has 2 heterocycles. The molecule has 1 aliphatic heterocycles. The molecule has 184 valence electrons. The van der Waals surface area contributed by atoms with Crippen molar-refractivity contribution >= 4 is 11.7 Å². The second-order valence-corrected chi connectivity index (χ2v) is 8.49. The highest BCUT2D eigenvalue weighted by Crippen LogP contribution is 2.33. The molecule has 8 heteroatoms. The molecule has 2 aromatic carbocycles. The average Bonchev–Trinajstić information content (AvgIpc) is 2.90. The number of carbonyl (C=O) groups is 1. The van der Waals surface area contributed by atoms with Crippen LogP contribution in [0.2, 0.25) is 0 Å². The van der Waals surface area contributed by atoms with E-state index in [9.17, 15) is 14.7 Å². The summed E-state index contributed by atoms with van der Waals surface area (Å²) in [7, 11) is 2.96. The molecule has 0 radical (unpaired) electrons. The highest BCUT2D eigenvalue weighted by Gasteiger charge is 2.27. The van der Waals surface area contributed by atoms with Crippen LogP contribution in [-0.4, -0.2) is 56.4 Å². The van der Waals surface area contributed by atoms with E-state index in [1.165, 1.54) is 13.2 Å². The van der Waals surface area contributed by atoms with Gasteiger partial charge in [-0.05, 0) is 29.8 Å². The Morgan fingerprint density at radius 2 is 1.71 bits per heavy atom. The zero-order valence-electron chi connectivity index (χ0n) is 20.0.